The van der Waals surface area contributed by atoms with Crippen LogP contribution in [0.4, 0.5) is 0 Å². The smallest absolute Gasteiger partial charge is 0.253 e. The van der Waals surface area contributed by atoms with Gasteiger partial charge in [-0.25, -0.2) is 0 Å². The molecule has 1 fully saturated rings. The molecule has 1 aliphatic heterocycles. The van der Waals surface area contributed by atoms with Crippen molar-refractivity contribution in [2.45, 2.75) is 51.2 Å². The second-order valence-electron chi connectivity index (χ2n) is 6.90. The molecular weight excluding hydrogens is 282 g/mol. The third kappa shape index (κ3) is 3.80. The number of benzene rings is 1. The van der Waals surface area contributed by atoms with Crippen molar-refractivity contribution in [2.24, 2.45) is 0 Å². The molecule has 2 N–H and O–H groups in total. The van der Waals surface area contributed by atoms with E-state index < -0.39 is 5.60 Å². The maximum absolute atomic E-state index is 12.2. The van der Waals surface area contributed by atoms with E-state index in [0.29, 0.717) is 12.2 Å². The summed E-state index contributed by atoms with van der Waals surface area (Å²) in [5.74, 6) is 1.09. The fraction of sp³-hybridized carbons (Fsp3) is 0.588. The van der Waals surface area contributed by atoms with Crippen molar-refractivity contribution in [2.75, 3.05) is 11.5 Å². The van der Waals surface area contributed by atoms with Crippen molar-refractivity contribution in [1.82, 2.24) is 5.32 Å². The van der Waals surface area contributed by atoms with Crippen molar-refractivity contribution in [3.63, 3.8) is 0 Å². The summed E-state index contributed by atoms with van der Waals surface area (Å²) in [6.45, 7) is 8.50. The zero-order valence-corrected chi connectivity index (χ0v) is 14.1. The molecule has 1 aromatic rings. The Bertz CT molecular complexity index is 499. The molecule has 2 atom stereocenters. The number of rotatable bonds is 3. The number of thioether (sulfide) groups is 1. The summed E-state index contributed by atoms with van der Waals surface area (Å²) in [6, 6.07) is 8.23. The van der Waals surface area contributed by atoms with E-state index in [0.717, 1.165) is 11.3 Å². The SMILES string of the molecule is CC(NC(=O)C1(O)CCSC1)c1ccc(C(C)(C)C)cc1. The molecule has 1 aromatic carbocycles. The highest BCUT2D eigenvalue weighted by Gasteiger charge is 2.39. The van der Waals surface area contributed by atoms with E-state index in [-0.39, 0.29) is 17.4 Å². The van der Waals surface area contributed by atoms with Gasteiger partial charge in [0, 0.05) is 5.75 Å². The molecule has 0 saturated carbocycles. The average molecular weight is 307 g/mol. The molecular formula is C17H25NO2S. The van der Waals surface area contributed by atoms with Crippen LogP contribution >= 0.6 is 11.8 Å². The normalized spacial score (nSPS) is 23.9. The minimum atomic E-state index is -1.19. The lowest BCUT2D eigenvalue weighted by atomic mass is 9.86. The van der Waals surface area contributed by atoms with Crippen molar-refractivity contribution in [3.05, 3.63) is 35.4 Å². The van der Waals surface area contributed by atoms with Crippen molar-refractivity contribution < 1.29 is 9.90 Å². The zero-order valence-electron chi connectivity index (χ0n) is 13.3. The molecule has 0 bridgehead atoms. The predicted octanol–water partition coefficient (Wildman–Crippen LogP) is 3.03. The third-order valence-electron chi connectivity index (χ3n) is 4.05. The van der Waals surface area contributed by atoms with E-state index in [1.165, 1.54) is 5.56 Å². The minimum Gasteiger partial charge on any atom is -0.379 e. The summed E-state index contributed by atoms with van der Waals surface area (Å²) in [5, 5.41) is 13.2. The summed E-state index contributed by atoms with van der Waals surface area (Å²) in [6.07, 6.45) is 0.541. The minimum absolute atomic E-state index is 0.0962. The molecule has 1 heterocycles. The van der Waals surface area contributed by atoms with E-state index in [4.69, 9.17) is 0 Å². The first kappa shape index (κ1) is 16.4. The van der Waals surface area contributed by atoms with Crippen molar-refractivity contribution in [3.8, 4) is 0 Å². The molecule has 0 aliphatic carbocycles. The van der Waals surface area contributed by atoms with Gasteiger partial charge in [0.25, 0.3) is 5.91 Å². The molecule has 21 heavy (non-hydrogen) atoms. The van der Waals surface area contributed by atoms with E-state index in [1.54, 1.807) is 11.8 Å². The third-order valence-corrected chi connectivity index (χ3v) is 5.22. The van der Waals surface area contributed by atoms with Gasteiger partial charge in [0.2, 0.25) is 0 Å². The van der Waals surface area contributed by atoms with Gasteiger partial charge in [0.1, 0.15) is 0 Å². The second kappa shape index (κ2) is 6.01. The van der Waals surface area contributed by atoms with Crippen LogP contribution in [-0.4, -0.2) is 28.1 Å². The van der Waals surface area contributed by atoms with Crippen LogP contribution in [0.3, 0.4) is 0 Å². The van der Waals surface area contributed by atoms with Crippen LogP contribution in [-0.2, 0) is 10.2 Å². The molecule has 3 nitrogen and oxygen atoms in total. The number of carbonyl (C=O) groups excluding carboxylic acids is 1. The van der Waals surface area contributed by atoms with Crippen LogP contribution in [0.25, 0.3) is 0 Å². The largest absolute Gasteiger partial charge is 0.379 e. The average Bonchev–Trinajstić information content (AvgIpc) is 2.86. The van der Waals surface area contributed by atoms with Crippen LogP contribution in [0.1, 0.15) is 51.3 Å². The van der Waals surface area contributed by atoms with E-state index >= 15 is 0 Å². The molecule has 1 aliphatic rings. The topological polar surface area (TPSA) is 49.3 Å². The first-order valence-electron chi connectivity index (χ1n) is 7.44. The molecule has 0 aromatic heterocycles. The molecule has 2 unspecified atom stereocenters. The van der Waals surface area contributed by atoms with Crippen LogP contribution in [0, 0.1) is 0 Å². The van der Waals surface area contributed by atoms with Gasteiger partial charge in [0.05, 0.1) is 6.04 Å². The Kier molecular flexibility index (Phi) is 4.69. The van der Waals surface area contributed by atoms with Crippen molar-refractivity contribution in [1.29, 1.82) is 0 Å². The lowest BCUT2D eigenvalue weighted by molar-refractivity contribution is -0.137. The molecule has 4 heteroatoms. The Hall–Kier alpha value is -1.00. The monoisotopic (exact) mass is 307 g/mol. The summed E-state index contributed by atoms with van der Waals surface area (Å²) in [4.78, 5) is 12.2. The summed E-state index contributed by atoms with van der Waals surface area (Å²) >= 11 is 1.63. The highest BCUT2D eigenvalue weighted by atomic mass is 32.2. The zero-order chi connectivity index (χ0) is 15.7. The summed E-state index contributed by atoms with van der Waals surface area (Å²) < 4.78 is 0. The molecule has 0 radical (unpaired) electrons. The van der Waals surface area contributed by atoms with Gasteiger partial charge in [-0.1, -0.05) is 45.0 Å². The molecule has 116 valence electrons. The van der Waals surface area contributed by atoms with E-state index in [9.17, 15) is 9.90 Å². The number of amides is 1. The van der Waals surface area contributed by atoms with Gasteiger partial charge >= 0.3 is 0 Å². The highest BCUT2D eigenvalue weighted by molar-refractivity contribution is 7.99. The summed E-state index contributed by atoms with van der Waals surface area (Å²) in [5.41, 5.74) is 1.27. The van der Waals surface area contributed by atoms with Crippen LogP contribution < -0.4 is 5.32 Å². The number of nitrogens with one attached hydrogen (secondary N) is 1. The maximum Gasteiger partial charge on any atom is 0.253 e. The Morgan fingerprint density at radius 3 is 2.43 bits per heavy atom. The maximum atomic E-state index is 12.2. The second-order valence-corrected chi connectivity index (χ2v) is 8.01. The van der Waals surface area contributed by atoms with Crippen LogP contribution in [0.5, 0.6) is 0 Å². The van der Waals surface area contributed by atoms with Crippen molar-refractivity contribution >= 4 is 17.7 Å². The Labute approximate surface area is 131 Å². The van der Waals surface area contributed by atoms with E-state index in [2.05, 4.69) is 50.4 Å². The quantitative estimate of drug-likeness (QED) is 0.902. The van der Waals surface area contributed by atoms with E-state index in [1.807, 2.05) is 6.92 Å². The Morgan fingerprint density at radius 2 is 1.95 bits per heavy atom. The van der Waals surface area contributed by atoms with Gasteiger partial charge in [0.15, 0.2) is 5.60 Å². The Morgan fingerprint density at radius 1 is 1.33 bits per heavy atom. The van der Waals surface area contributed by atoms with Gasteiger partial charge in [-0.15, -0.1) is 0 Å². The first-order chi connectivity index (χ1) is 9.72. The molecule has 1 saturated heterocycles. The number of hydrogen-bond donors (Lipinski definition) is 2. The fourth-order valence-corrected chi connectivity index (χ4v) is 3.66. The molecule has 2 rings (SSSR count). The summed E-state index contributed by atoms with van der Waals surface area (Å²) in [7, 11) is 0. The predicted molar refractivity (Wildman–Crippen MR) is 88.6 cm³/mol. The molecule has 1 amide bonds. The van der Waals surface area contributed by atoms with Gasteiger partial charge < -0.3 is 10.4 Å². The highest BCUT2D eigenvalue weighted by Crippen LogP contribution is 2.29. The molecule has 0 spiro atoms. The first-order valence-corrected chi connectivity index (χ1v) is 8.59. The lowest BCUT2D eigenvalue weighted by Crippen LogP contribution is -2.47. The number of hydrogen-bond acceptors (Lipinski definition) is 3. The fourth-order valence-electron chi connectivity index (χ4n) is 2.42. The Balaban J connectivity index is 2.03. The van der Waals surface area contributed by atoms with Crippen LogP contribution in [0.15, 0.2) is 24.3 Å². The van der Waals surface area contributed by atoms with Crippen LogP contribution in [0.2, 0.25) is 0 Å². The van der Waals surface area contributed by atoms with Gasteiger partial charge in [-0.3, -0.25) is 4.79 Å². The number of carbonyl (C=O) groups is 1. The van der Waals surface area contributed by atoms with Gasteiger partial charge in [-0.2, -0.15) is 11.8 Å². The van der Waals surface area contributed by atoms with Gasteiger partial charge in [-0.05, 0) is 35.6 Å². The standard InChI is InChI=1S/C17H25NO2S/c1-12(18-15(19)17(20)9-10-21-11-17)13-5-7-14(8-6-13)16(2,3)4/h5-8,12,20H,9-11H2,1-4H3,(H,18,19). The number of aliphatic hydroxyl groups is 1. The lowest BCUT2D eigenvalue weighted by Gasteiger charge is -2.24.